The van der Waals surface area contributed by atoms with Gasteiger partial charge < -0.3 is 36.1 Å². The van der Waals surface area contributed by atoms with Gasteiger partial charge in [-0.2, -0.15) is 4.57 Å². The van der Waals surface area contributed by atoms with Crippen LogP contribution in [0, 0.1) is 0 Å². The van der Waals surface area contributed by atoms with Crippen LogP contribution in [-0.2, 0) is 16.1 Å². The Morgan fingerprint density at radius 3 is 1.85 bits per heavy atom. The van der Waals surface area contributed by atoms with Crippen molar-refractivity contribution in [3.8, 4) is 34.3 Å². The number of pyridine rings is 1. The lowest BCUT2D eigenvalue weighted by Gasteiger charge is -2.06. The van der Waals surface area contributed by atoms with E-state index < -0.39 is 11.8 Å². The number of aromatic hydroxyl groups is 2. The Morgan fingerprint density at radius 1 is 0.733 bits per heavy atom. The highest BCUT2D eigenvalue weighted by molar-refractivity contribution is 8.76. The predicted molar refractivity (Wildman–Crippen MR) is 235 cm³/mol. The molecule has 4 amide bonds. The van der Waals surface area contributed by atoms with Gasteiger partial charge in [-0.3, -0.25) is 19.2 Å². The molecule has 5 aromatic rings. The molecule has 0 saturated heterocycles. The number of carbonyl (C=O) groups excluding carboxylic acids is 4. The summed E-state index contributed by atoms with van der Waals surface area (Å²) in [5.74, 6) is -0.277. The van der Waals surface area contributed by atoms with Crippen LogP contribution in [0.1, 0.15) is 44.3 Å². The Labute approximate surface area is 361 Å². The second-order valence-electron chi connectivity index (χ2n) is 13.3. The molecule has 0 bridgehead atoms. The number of allylic oxidation sites excluding steroid dienone is 3. The average molecular weight is 885 g/mol. The van der Waals surface area contributed by atoms with Crippen molar-refractivity contribution in [2.24, 2.45) is 9.98 Å². The highest BCUT2D eigenvalue weighted by Gasteiger charge is 2.35. The van der Waals surface area contributed by atoms with Crippen molar-refractivity contribution in [3.63, 3.8) is 0 Å². The zero-order valence-electron chi connectivity index (χ0n) is 31.8. The zero-order valence-corrected chi connectivity index (χ0v) is 35.0. The summed E-state index contributed by atoms with van der Waals surface area (Å²) in [6, 6.07) is 17.3. The van der Waals surface area contributed by atoms with E-state index in [9.17, 15) is 29.4 Å². The fraction of sp³-hybridized carbons (Fsp3) is 0.167. The Kier molecular flexibility index (Phi) is 13.2. The first-order chi connectivity index (χ1) is 29.0. The number of aromatic amines is 2. The van der Waals surface area contributed by atoms with Crippen LogP contribution in [0.5, 0.6) is 11.8 Å². The van der Waals surface area contributed by atoms with Crippen molar-refractivity contribution >= 4 is 79.8 Å². The molecule has 0 spiro atoms. The van der Waals surface area contributed by atoms with E-state index in [1.807, 2.05) is 0 Å². The van der Waals surface area contributed by atoms with Crippen molar-refractivity contribution in [2.75, 3.05) is 31.1 Å². The van der Waals surface area contributed by atoms with E-state index in [-0.39, 0.29) is 42.2 Å². The minimum atomic E-state index is -0.469. The summed E-state index contributed by atoms with van der Waals surface area (Å²) in [6.07, 6.45) is 8.47. The largest absolute Gasteiger partial charge is 0.494 e. The van der Waals surface area contributed by atoms with E-state index in [0.29, 0.717) is 96.4 Å². The smallest absolute Gasteiger partial charge is 0.286 e. The number of halogens is 2. The highest BCUT2D eigenvalue weighted by atomic mass is 35.5. The van der Waals surface area contributed by atoms with Gasteiger partial charge in [0.25, 0.3) is 17.7 Å². The number of rotatable bonds is 17. The number of aromatic nitrogens is 3. The molecule has 2 aliphatic rings. The van der Waals surface area contributed by atoms with Crippen LogP contribution in [-0.4, -0.2) is 86.4 Å². The summed E-state index contributed by atoms with van der Waals surface area (Å²) in [4.78, 5) is 64.9. The van der Waals surface area contributed by atoms with Gasteiger partial charge >= 0.3 is 0 Å². The second kappa shape index (κ2) is 18.9. The van der Waals surface area contributed by atoms with E-state index in [1.165, 1.54) is 0 Å². The predicted octanol–water partition coefficient (Wildman–Crippen LogP) is 5.98. The van der Waals surface area contributed by atoms with Crippen LogP contribution in [0.25, 0.3) is 22.5 Å². The average Bonchev–Trinajstić information content (AvgIpc) is 3.98. The molecule has 7 N–H and O–H groups in total. The maximum absolute atomic E-state index is 12.9. The van der Waals surface area contributed by atoms with Crippen LogP contribution in [0.15, 0.2) is 107 Å². The van der Waals surface area contributed by atoms with Crippen molar-refractivity contribution in [1.29, 1.82) is 0 Å². The third kappa shape index (κ3) is 9.37. The summed E-state index contributed by atoms with van der Waals surface area (Å²) in [5, 5.41) is 31.2. The molecular weight excluding hydrogens is 848 g/mol. The fourth-order valence-corrected chi connectivity index (χ4v) is 8.64. The van der Waals surface area contributed by atoms with E-state index in [1.54, 1.807) is 124 Å². The molecule has 2 aliphatic heterocycles. The lowest BCUT2D eigenvalue weighted by atomic mass is 10.00. The first-order valence-electron chi connectivity index (χ1n) is 18.5. The molecule has 0 radical (unpaired) electrons. The zero-order chi connectivity index (χ0) is 42.3. The summed E-state index contributed by atoms with van der Waals surface area (Å²) in [7, 11) is 3.16. The number of carbonyl (C=O) groups is 4. The standard InChI is InChI=1S/C42H36Cl2N8O6S2/c1-2-23(35-31-32(40(56)48-35)36(49-39(31)55)24-3-7-27(43)8-4-24)11-14-45-21-29(53)46-15-19-59-60-20-16-47-30(54)22-52-17-12-26(13-18-52)38-34-33(41(57)51-38)37(50-42(34)58)25-5-9-28(44)10-6-25/h2-14,17-18,45H,15-16,19-22H2,1H3,(H5,46,47,48,49,50,51,53,54,55,56,57,58)/p+1/b14-11-,23-2+. The van der Waals surface area contributed by atoms with Crippen LogP contribution < -0.4 is 20.5 Å². The van der Waals surface area contributed by atoms with Gasteiger partial charge in [0.05, 0.1) is 51.6 Å². The molecular formula is C42H37Cl2N8O6S2+. The van der Waals surface area contributed by atoms with Gasteiger partial charge in [0.1, 0.15) is 0 Å². The van der Waals surface area contributed by atoms with Gasteiger partial charge in [-0.25, -0.2) is 9.98 Å². The number of amides is 4. The quantitative estimate of drug-likeness (QED) is 0.0254. The van der Waals surface area contributed by atoms with E-state index in [4.69, 9.17) is 23.2 Å². The minimum absolute atomic E-state index is 0.0304. The maximum Gasteiger partial charge on any atom is 0.286 e. The van der Waals surface area contributed by atoms with Gasteiger partial charge in [0.15, 0.2) is 24.2 Å². The molecule has 7 rings (SSSR count). The third-order valence-corrected chi connectivity index (χ3v) is 12.3. The molecule has 0 atom stereocenters. The van der Waals surface area contributed by atoms with Crippen molar-refractivity contribution in [3.05, 3.63) is 135 Å². The lowest BCUT2D eigenvalue weighted by Crippen LogP contribution is -2.43. The number of fused-ring (bicyclic) bond motifs is 2. The SMILES string of the molecule is C/C=C(\C=C/NCC(=O)NCCSSCCNC(=O)C[n+]1ccc(C2=NC(=O)c3c(-c4ccc(Cl)cc4)[nH]c(O)c32)cc1)C1=NC(=O)c2c(-c3ccc(Cl)cc3)[nH]c(O)c21. The van der Waals surface area contributed by atoms with Gasteiger partial charge in [-0.1, -0.05) is 75.1 Å². The molecule has 60 heavy (non-hydrogen) atoms. The molecule has 2 aromatic carbocycles. The van der Waals surface area contributed by atoms with Crippen molar-refractivity contribution in [1.82, 2.24) is 25.9 Å². The Hall–Kier alpha value is -6.07. The van der Waals surface area contributed by atoms with Crippen LogP contribution >= 0.6 is 44.8 Å². The van der Waals surface area contributed by atoms with E-state index in [0.717, 1.165) is 0 Å². The Balaban J connectivity index is 0.775. The molecule has 0 fully saturated rings. The first kappa shape index (κ1) is 42.1. The van der Waals surface area contributed by atoms with Gasteiger partial charge in [-0.15, -0.1) is 0 Å². The highest BCUT2D eigenvalue weighted by Crippen LogP contribution is 2.39. The van der Waals surface area contributed by atoms with Crippen LogP contribution in [0.4, 0.5) is 0 Å². The monoisotopic (exact) mass is 883 g/mol. The maximum atomic E-state index is 12.9. The van der Waals surface area contributed by atoms with E-state index in [2.05, 4.69) is 35.9 Å². The molecule has 5 heterocycles. The Morgan fingerprint density at radius 2 is 1.27 bits per heavy atom. The summed E-state index contributed by atoms with van der Waals surface area (Å²) < 4.78 is 1.71. The number of hydrogen-bond acceptors (Lipinski definition) is 9. The molecule has 18 heteroatoms. The first-order valence-corrected chi connectivity index (χ1v) is 21.8. The van der Waals surface area contributed by atoms with Gasteiger partial charge in [-0.05, 0) is 60.2 Å². The molecule has 0 unspecified atom stereocenters. The van der Waals surface area contributed by atoms with Crippen molar-refractivity contribution in [2.45, 2.75) is 13.5 Å². The summed E-state index contributed by atoms with van der Waals surface area (Å²) in [6.45, 7) is 2.83. The van der Waals surface area contributed by atoms with Gasteiger partial charge in [0.2, 0.25) is 12.5 Å². The third-order valence-electron chi connectivity index (χ3n) is 9.37. The lowest BCUT2D eigenvalue weighted by molar-refractivity contribution is -0.684. The second-order valence-corrected chi connectivity index (χ2v) is 16.9. The summed E-state index contributed by atoms with van der Waals surface area (Å²) >= 11 is 12.0. The number of aliphatic imine (C=N–C) groups is 2. The molecule has 306 valence electrons. The number of nitrogens with zero attached hydrogens (tertiary/aromatic N) is 3. The van der Waals surface area contributed by atoms with Crippen LogP contribution in [0.2, 0.25) is 10.0 Å². The normalized spacial score (nSPS) is 13.3. The molecule has 0 saturated carbocycles. The number of H-pyrrole nitrogens is 2. The van der Waals surface area contributed by atoms with E-state index >= 15 is 0 Å². The molecule has 14 nitrogen and oxygen atoms in total. The Bertz CT molecular complexity index is 2600. The number of benzene rings is 2. The summed E-state index contributed by atoms with van der Waals surface area (Å²) in [5.41, 5.74) is 5.41. The minimum Gasteiger partial charge on any atom is -0.494 e. The fourth-order valence-electron chi connectivity index (χ4n) is 6.57. The van der Waals surface area contributed by atoms with Crippen LogP contribution in [0.3, 0.4) is 0 Å². The molecule has 0 aliphatic carbocycles. The number of hydrogen-bond donors (Lipinski definition) is 7. The van der Waals surface area contributed by atoms with Gasteiger partial charge in [0, 0.05) is 52.3 Å². The van der Waals surface area contributed by atoms with Crippen molar-refractivity contribution < 1.29 is 34.0 Å². The molecule has 3 aromatic heterocycles. The number of nitrogens with one attached hydrogen (secondary N) is 5. The topological polar surface area (TPSA) is 205 Å².